The second-order valence-electron chi connectivity index (χ2n) is 3.13. The third kappa shape index (κ3) is 2.87. The summed E-state index contributed by atoms with van der Waals surface area (Å²) in [5.74, 6) is -0.0556. The molecule has 0 aliphatic heterocycles. The second-order valence-corrected chi connectivity index (χ2v) is 6.04. The molecule has 0 radical (unpaired) electrons. The zero-order valence-electron chi connectivity index (χ0n) is 9.62. The minimum atomic E-state index is -0.0556. The number of rotatable bonds is 5. The SMILES string of the molecule is CCCNC(=O)c1sc(SC)c(SC)c1N. The highest BCUT2D eigenvalue weighted by atomic mass is 32.2. The van der Waals surface area contributed by atoms with Crippen molar-refractivity contribution >= 4 is 46.5 Å². The first kappa shape index (κ1) is 13.7. The van der Waals surface area contributed by atoms with Crippen LogP contribution in [0.2, 0.25) is 0 Å². The van der Waals surface area contributed by atoms with E-state index in [-0.39, 0.29) is 5.91 Å². The maximum absolute atomic E-state index is 11.8. The van der Waals surface area contributed by atoms with Gasteiger partial charge in [0.15, 0.2) is 0 Å². The van der Waals surface area contributed by atoms with Gasteiger partial charge in [-0.15, -0.1) is 34.9 Å². The van der Waals surface area contributed by atoms with Crippen LogP contribution in [0.3, 0.4) is 0 Å². The molecule has 0 saturated carbocycles. The minimum Gasteiger partial charge on any atom is -0.396 e. The number of carbonyl (C=O) groups excluding carboxylic acids is 1. The van der Waals surface area contributed by atoms with Crippen LogP contribution >= 0.6 is 34.9 Å². The molecule has 1 rings (SSSR count). The molecule has 0 aliphatic carbocycles. The van der Waals surface area contributed by atoms with Gasteiger partial charge < -0.3 is 11.1 Å². The van der Waals surface area contributed by atoms with Gasteiger partial charge in [-0.25, -0.2) is 0 Å². The van der Waals surface area contributed by atoms with Crippen LogP contribution in [-0.2, 0) is 0 Å². The second kappa shape index (κ2) is 6.42. The van der Waals surface area contributed by atoms with E-state index in [0.717, 1.165) is 15.5 Å². The summed E-state index contributed by atoms with van der Waals surface area (Å²) in [6.07, 6.45) is 4.91. The van der Waals surface area contributed by atoms with E-state index in [0.29, 0.717) is 17.1 Å². The highest BCUT2D eigenvalue weighted by Crippen LogP contribution is 2.42. The number of hydrogen-bond acceptors (Lipinski definition) is 5. The van der Waals surface area contributed by atoms with E-state index in [1.807, 2.05) is 19.4 Å². The first-order chi connectivity index (χ1) is 7.65. The third-order valence-electron chi connectivity index (χ3n) is 2.00. The Morgan fingerprint density at radius 1 is 1.44 bits per heavy atom. The van der Waals surface area contributed by atoms with Gasteiger partial charge in [-0.05, 0) is 18.9 Å². The highest BCUT2D eigenvalue weighted by molar-refractivity contribution is 8.03. The zero-order chi connectivity index (χ0) is 12.1. The van der Waals surface area contributed by atoms with Gasteiger partial charge in [0, 0.05) is 6.54 Å². The fourth-order valence-electron chi connectivity index (χ4n) is 1.22. The van der Waals surface area contributed by atoms with Crippen LogP contribution in [0.15, 0.2) is 9.10 Å². The molecule has 0 atom stereocenters. The summed E-state index contributed by atoms with van der Waals surface area (Å²) >= 11 is 4.70. The molecule has 1 heterocycles. The van der Waals surface area contributed by atoms with E-state index in [9.17, 15) is 4.79 Å². The molecule has 0 unspecified atom stereocenters. The van der Waals surface area contributed by atoms with Crippen LogP contribution < -0.4 is 11.1 Å². The molecule has 90 valence electrons. The molecular formula is C10H16N2OS3. The lowest BCUT2D eigenvalue weighted by molar-refractivity contribution is 0.0958. The monoisotopic (exact) mass is 276 g/mol. The maximum atomic E-state index is 11.8. The van der Waals surface area contributed by atoms with Gasteiger partial charge in [0.25, 0.3) is 5.91 Å². The van der Waals surface area contributed by atoms with E-state index >= 15 is 0 Å². The lowest BCUT2D eigenvalue weighted by atomic mass is 10.3. The van der Waals surface area contributed by atoms with Crippen LogP contribution in [0, 0.1) is 0 Å². The molecule has 0 aromatic carbocycles. The van der Waals surface area contributed by atoms with Gasteiger partial charge in [-0.3, -0.25) is 4.79 Å². The number of carbonyl (C=O) groups is 1. The van der Waals surface area contributed by atoms with Crippen LogP contribution in [0.5, 0.6) is 0 Å². The van der Waals surface area contributed by atoms with E-state index in [1.54, 1.807) is 23.5 Å². The Kier molecular flexibility index (Phi) is 5.51. The number of anilines is 1. The van der Waals surface area contributed by atoms with Crippen molar-refractivity contribution in [1.82, 2.24) is 5.32 Å². The Hall–Kier alpha value is -0.330. The van der Waals surface area contributed by atoms with Crippen LogP contribution in [0.25, 0.3) is 0 Å². The molecule has 1 amide bonds. The number of thioether (sulfide) groups is 2. The normalized spacial score (nSPS) is 10.4. The van der Waals surface area contributed by atoms with Gasteiger partial charge >= 0.3 is 0 Å². The van der Waals surface area contributed by atoms with Gasteiger partial charge in [0.2, 0.25) is 0 Å². The number of nitrogen functional groups attached to an aromatic ring is 1. The third-order valence-corrected chi connectivity index (χ3v) is 5.42. The molecule has 6 heteroatoms. The van der Waals surface area contributed by atoms with Crippen molar-refractivity contribution in [2.24, 2.45) is 0 Å². The lowest BCUT2D eigenvalue weighted by Crippen LogP contribution is -2.23. The summed E-state index contributed by atoms with van der Waals surface area (Å²) in [5.41, 5.74) is 6.60. The molecule has 3 nitrogen and oxygen atoms in total. The highest BCUT2D eigenvalue weighted by Gasteiger charge is 2.19. The first-order valence-corrected chi connectivity index (χ1v) is 8.20. The van der Waals surface area contributed by atoms with E-state index < -0.39 is 0 Å². The molecule has 0 spiro atoms. The first-order valence-electron chi connectivity index (χ1n) is 4.94. The Balaban J connectivity index is 2.96. The topological polar surface area (TPSA) is 55.1 Å². The van der Waals surface area contributed by atoms with Crippen molar-refractivity contribution in [2.45, 2.75) is 22.4 Å². The van der Waals surface area contributed by atoms with Crippen molar-refractivity contribution in [3.63, 3.8) is 0 Å². The van der Waals surface area contributed by atoms with Crippen molar-refractivity contribution in [2.75, 3.05) is 24.8 Å². The van der Waals surface area contributed by atoms with Gasteiger partial charge in [-0.2, -0.15) is 0 Å². The minimum absolute atomic E-state index is 0.0556. The number of nitrogens with two attached hydrogens (primary N) is 1. The maximum Gasteiger partial charge on any atom is 0.263 e. The Bertz CT molecular complexity index is 376. The summed E-state index contributed by atoms with van der Waals surface area (Å²) in [4.78, 5) is 13.5. The lowest BCUT2D eigenvalue weighted by Gasteiger charge is -2.02. The molecule has 1 aromatic heterocycles. The van der Waals surface area contributed by atoms with Crippen molar-refractivity contribution in [3.05, 3.63) is 4.88 Å². The predicted molar refractivity (Wildman–Crippen MR) is 74.9 cm³/mol. The predicted octanol–water partition coefficient (Wildman–Crippen LogP) is 2.91. The average molecular weight is 276 g/mol. The smallest absolute Gasteiger partial charge is 0.263 e. The van der Waals surface area contributed by atoms with E-state index in [2.05, 4.69) is 5.32 Å². The van der Waals surface area contributed by atoms with Gasteiger partial charge in [-0.1, -0.05) is 6.92 Å². The Labute approximate surface area is 109 Å². The van der Waals surface area contributed by atoms with Gasteiger partial charge in [0.1, 0.15) is 4.88 Å². The summed E-state index contributed by atoms with van der Waals surface area (Å²) in [6.45, 7) is 2.72. The molecule has 0 bridgehead atoms. The summed E-state index contributed by atoms with van der Waals surface area (Å²) in [7, 11) is 0. The van der Waals surface area contributed by atoms with Crippen LogP contribution in [-0.4, -0.2) is 25.0 Å². The van der Waals surface area contributed by atoms with Gasteiger partial charge in [0.05, 0.1) is 14.8 Å². The quantitative estimate of drug-likeness (QED) is 0.812. The molecule has 16 heavy (non-hydrogen) atoms. The number of nitrogens with one attached hydrogen (secondary N) is 1. The zero-order valence-corrected chi connectivity index (χ0v) is 12.1. The van der Waals surface area contributed by atoms with Crippen molar-refractivity contribution in [1.29, 1.82) is 0 Å². The average Bonchev–Trinajstić information content (AvgIpc) is 2.62. The Morgan fingerprint density at radius 2 is 2.12 bits per heavy atom. The molecule has 0 aliphatic rings. The van der Waals surface area contributed by atoms with Crippen molar-refractivity contribution < 1.29 is 4.79 Å². The fraction of sp³-hybridized carbons (Fsp3) is 0.500. The fourth-order valence-corrected chi connectivity index (χ4v) is 4.29. The summed E-state index contributed by atoms with van der Waals surface area (Å²) < 4.78 is 1.12. The molecule has 0 saturated heterocycles. The van der Waals surface area contributed by atoms with E-state index in [4.69, 9.17) is 5.73 Å². The van der Waals surface area contributed by atoms with Crippen LogP contribution in [0.1, 0.15) is 23.0 Å². The molecule has 0 fully saturated rings. The molecular weight excluding hydrogens is 260 g/mol. The molecule has 3 N–H and O–H groups in total. The molecule has 1 aromatic rings. The number of hydrogen-bond donors (Lipinski definition) is 2. The standard InChI is InChI=1S/C10H16N2OS3/c1-4-5-12-9(13)7-6(11)8(14-2)10(15-3)16-7/h4-5,11H2,1-3H3,(H,12,13). The number of thiophene rings is 1. The Morgan fingerprint density at radius 3 is 2.56 bits per heavy atom. The number of amides is 1. The summed E-state index contributed by atoms with van der Waals surface area (Å²) in [6, 6.07) is 0. The summed E-state index contributed by atoms with van der Waals surface area (Å²) in [5, 5.41) is 2.85. The largest absolute Gasteiger partial charge is 0.396 e. The van der Waals surface area contributed by atoms with Crippen molar-refractivity contribution in [3.8, 4) is 0 Å². The van der Waals surface area contributed by atoms with Crippen LogP contribution in [0.4, 0.5) is 5.69 Å². The van der Waals surface area contributed by atoms with E-state index in [1.165, 1.54) is 11.3 Å².